The molecule has 6 heteroatoms. The van der Waals surface area contributed by atoms with E-state index in [1.165, 1.54) is 15.9 Å². The molecule has 2 aliphatic rings. The third-order valence-electron chi connectivity index (χ3n) is 5.71. The molecule has 0 fully saturated rings. The van der Waals surface area contributed by atoms with Gasteiger partial charge in [-0.3, -0.25) is 9.59 Å². The van der Waals surface area contributed by atoms with Crippen LogP contribution in [0.5, 0.6) is 0 Å². The number of anilines is 1. The number of hydrogen-bond acceptors (Lipinski definition) is 4. The van der Waals surface area contributed by atoms with E-state index < -0.39 is 0 Å². The van der Waals surface area contributed by atoms with E-state index in [2.05, 4.69) is 39.6 Å². The molecule has 1 atom stereocenters. The van der Waals surface area contributed by atoms with Crippen molar-refractivity contribution in [2.45, 2.75) is 32.1 Å². The quantitative estimate of drug-likeness (QED) is 0.890. The van der Waals surface area contributed by atoms with Gasteiger partial charge in [-0.1, -0.05) is 18.2 Å². The molecule has 2 heterocycles. The predicted molar refractivity (Wildman–Crippen MR) is 105 cm³/mol. The van der Waals surface area contributed by atoms with Gasteiger partial charge < -0.3 is 10.2 Å². The molecule has 2 aromatic rings. The minimum Gasteiger partial charge on any atom is -0.370 e. The van der Waals surface area contributed by atoms with Crippen LogP contribution in [-0.4, -0.2) is 35.3 Å². The Morgan fingerprint density at radius 2 is 2.11 bits per heavy atom. The van der Waals surface area contributed by atoms with Crippen LogP contribution < -0.4 is 15.8 Å². The SMILES string of the molecule is Cn1nc2c(cc1=O)CC(C(=O)NCCN1CCCc3ccccc31)CC2. The standard InChI is InChI=1S/C21H26N4O2/c1-24-20(26)14-17-13-16(8-9-18(17)23-24)21(27)22-10-12-25-11-4-6-15-5-2-3-7-19(15)25/h2-3,5,7,14,16H,4,6,8-13H2,1H3,(H,22,27). The first-order valence-electron chi connectivity index (χ1n) is 9.78. The monoisotopic (exact) mass is 366 g/mol. The van der Waals surface area contributed by atoms with Crippen LogP contribution in [0.2, 0.25) is 0 Å². The molecule has 0 spiro atoms. The Hall–Kier alpha value is -2.63. The van der Waals surface area contributed by atoms with Crippen LogP contribution in [-0.2, 0) is 31.1 Å². The zero-order chi connectivity index (χ0) is 18.8. The zero-order valence-corrected chi connectivity index (χ0v) is 15.8. The van der Waals surface area contributed by atoms with Crippen LogP contribution in [0.3, 0.4) is 0 Å². The average molecular weight is 366 g/mol. The molecule has 1 aromatic carbocycles. The summed E-state index contributed by atoms with van der Waals surface area (Å²) in [5.74, 6) is 0.0201. The summed E-state index contributed by atoms with van der Waals surface area (Å²) in [6.07, 6.45) is 4.44. The lowest BCUT2D eigenvalue weighted by molar-refractivity contribution is -0.125. The maximum absolute atomic E-state index is 12.6. The van der Waals surface area contributed by atoms with Gasteiger partial charge in [0.2, 0.25) is 5.91 Å². The van der Waals surface area contributed by atoms with Gasteiger partial charge in [-0.2, -0.15) is 5.10 Å². The van der Waals surface area contributed by atoms with Gasteiger partial charge >= 0.3 is 0 Å². The molecule has 1 amide bonds. The highest BCUT2D eigenvalue weighted by atomic mass is 16.2. The zero-order valence-electron chi connectivity index (χ0n) is 15.8. The van der Waals surface area contributed by atoms with E-state index in [1.807, 2.05) is 0 Å². The number of fused-ring (bicyclic) bond motifs is 2. The number of benzene rings is 1. The van der Waals surface area contributed by atoms with Crippen LogP contribution in [0.25, 0.3) is 0 Å². The molecular weight excluding hydrogens is 340 g/mol. The van der Waals surface area contributed by atoms with Gasteiger partial charge in [0.25, 0.3) is 5.56 Å². The van der Waals surface area contributed by atoms with Gasteiger partial charge in [0.1, 0.15) is 0 Å². The van der Waals surface area contributed by atoms with Crippen molar-refractivity contribution in [1.82, 2.24) is 15.1 Å². The highest BCUT2D eigenvalue weighted by Gasteiger charge is 2.26. The Kier molecular flexibility index (Phi) is 4.97. The minimum atomic E-state index is -0.112. The van der Waals surface area contributed by atoms with Gasteiger partial charge in [0.15, 0.2) is 0 Å². The summed E-state index contributed by atoms with van der Waals surface area (Å²) in [5.41, 5.74) is 4.46. The van der Waals surface area contributed by atoms with Crippen LogP contribution in [0.15, 0.2) is 35.1 Å². The summed E-state index contributed by atoms with van der Waals surface area (Å²) in [5, 5.41) is 7.42. The van der Waals surface area contributed by atoms with Crippen LogP contribution in [0, 0.1) is 5.92 Å². The Morgan fingerprint density at radius 1 is 1.26 bits per heavy atom. The minimum absolute atomic E-state index is 0.0694. The average Bonchev–Trinajstić information content (AvgIpc) is 2.68. The molecule has 1 aliphatic carbocycles. The van der Waals surface area contributed by atoms with Crippen LogP contribution >= 0.6 is 0 Å². The molecule has 1 N–H and O–H groups in total. The molecule has 0 saturated carbocycles. The van der Waals surface area contributed by atoms with Crippen molar-refractivity contribution in [3.63, 3.8) is 0 Å². The van der Waals surface area contributed by atoms with E-state index in [-0.39, 0.29) is 17.4 Å². The smallest absolute Gasteiger partial charge is 0.266 e. The molecule has 0 radical (unpaired) electrons. The van der Waals surface area contributed by atoms with Gasteiger partial charge in [-0.25, -0.2) is 4.68 Å². The van der Waals surface area contributed by atoms with Crippen molar-refractivity contribution in [3.05, 3.63) is 57.5 Å². The second-order valence-electron chi connectivity index (χ2n) is 7.53. The number of rotatable bonds is 4. The largest absolute Gasteiger partial charge is 0.370 e. The molecular formula is C21H26N4O2. The van der Waals surface area contributed by atoms with Crippen molar-refractivity contribution >= 4 is 11.6 Å². The molecule has 0 bridgehead atoms. The maximum Gasteiger partial charge on any atom is 0.266 e. The molecule has 1 aliphatic heterocycles. The van der Waals surface area contributed by atoms with Gasteiger partial charge in [-0.15, -0.1) is 0 Å². The van der Waals surface area contributed by atoms with Crippen LogP contribution in [0.1, 0.15) is 29.7 Å². The molecule has 142 valence electrons. The number of aromatic nitrogens is 2. The summed E-state index contributed by atoms with van der Waals surface area (Å²) in [7, 11) is 1.67. The van der Waals surface area contributed by atoms with Crippen molar-refractivity contribution in [1.29, 1.82) is 0 Å². The Morgan fingerprint density at radius 3 is 3.00 bits per heavy atom. The number of aryl methyl sites for hydroxylation is 3. The summed E-state index contributed by atoms with van der Waals surface area (Å²) in [4.78, 5) is 26.8. The number of carbonyl (C=O) groups excluding carboxylic acids is 1. The third-order valence-corrected chi connectivity index (χ3v) is 5.71. The second kappa shape index (κ2) is 7.55. The van der Waals surface area contributed by atoms with Crippen molar-refractivity contribution in [2.75, 3.05) is 24.5 Å². The molecule has 1 unspecified atom stereocenters. The van der Waals surface area contributed by atoms with E-state index in [0.29, 0.717) is 13.0 Å². The fourth-order valence-corrected chi connectivity index (χ4v) is 4.21. The highest BCUT2D eigenvalue weighted by Crippen LogP contribution is 2.26. The van der Waals surface area contributed by atoms with E-state index in [1.54, 1.807) is 13.1 Å². The summed E-state index contributed by atoms with van der Waals surface area (Å²) < 4.78 is 1.37. The lowest BCUT2D eigenvalue weighted by atomic mass is 9.86. The number of carbonyl (C=O) groups is 1. The predicted octanol–water partition coefficient (Wildman–Crippen LogP) is 1.45. The summed E-state index contributed by atoms with van der Waals surface area (Å²) in [6, 6.07) is 10.2. The first-order valence-corrected chi connectivity index (χ1v) is 9.78. The number of amides is 1. The van der Waals surface area contributed by atoms with Crippen molar-refractivity contribution < 1.29 is 4.79 Å². The topological polar surface area (TPSA) is 67.2 Å². The van der Waals surface area contributed by atoms with Gasteiger partial charge in [0.05, 0.1) is 5.69 Å². The third kappa shape index (κ3) is 3.75. The van der Waals surface area contributed by atoms with E-state index in [9.17, 15) is 9.59 Å². The van der Waals surface area contributed by atoms with Crippen LogP contribution in [0.4, 0.5) is 5.69 Å². The Balaban J connectivity index is 1.33. The number of nitrogens with one attached hydrogen (secondary N) is 1. The van der Waals surface area contributed by atoms with Crippen molar-refractivity contribution in [3.8, 4) is 0 Å². The second-order valence-corrected chi connectivity index (χ2v) is 7.53. The fourth-order valence-electron chi connectivity index (χ4n) is 4.21. The molecule has 27 heavy (non-hydrogen) atoms. The first-order chi connectivity index (χ1) is 13.1. The molecule has 1 aromatic heterocycles. The maximum atomic E-state index is 12.6. The number of para-hydroxylation sites is 1. The summed E-state index contributed by atoms with van der Waals surface area (Å²) in [6.45, 7) is 2.51. The first kappa shape index (κ1) is 17.8. The molecule has 0 saturated heterocycles. The molecule has 6 nitrogen and oxygen atoms in total. The van der Waals surface area contributed by atoms with E-state index in [0.717, 1.165) is 50.0 Å². The number of hydrogen-bond donors (Lipinski definition) is 1. The van der Waals surface area contributed by atoms with Crippen molar-refractivity contribution in [2.24, 2.45) is 13.0 Å². The fraction of sp³-hybridized carbons (Fsp3) is 0.476. The Bertz CT molecular complexity index is 905. The normalized spacial score (nSPS) is 18.6. The molecule has 4 rings (SSSR count). The van der Waals surface area contributed by atoms with Gasteiger partial charge in [-0.05, 0) is 49.3 Å². The highest BCUT2D eigenvalue weighted by molar-refractivity contribution is 5.79. The number of nitrogens with zero attached hydrogens (tertiary/aromatic N) is 3. The summed E-state index contributed by atoms with van der Waals surface area (Å²) >= 11 is 0. The van der Waals surface area contributed by atoms with E-state index in [4.69, 9.17) is 0 Å². The van der Waals surface area contributed by atoms with Gasteiger partial charge in [0, 0.05) is 44.4 Å². The lowest BCUT2D eigenvalue weighted by Gasteiger charge is -2.31. The van der Waals surface area contributed by atoms with E-state index >= 15 is 0 Å². The lowest BCUT2D eigenvalue weighted by Crippen LogP contribution is -2.41. The Labute approximate surface area is 159 Å².